The van der Waals surface area contributed by atoms with E-state index in [0.29, 0.717) is 25.4 Å². The molecule has 2 rings (SSSR count). The lowest BCUT2D eigenvalue weighted by Gasteiger charge is -2.31. The normalized spacial score (nSPS) is 16.2. The van der Waals surface area contributed by atoms with Gasteiger partial charge in [0, 0.05) is 25.3 Å². The third kappa shape index (κ3) is 3.46. The van der Waals surface area contributed by atoms with Gasteiger partial charge in [0.25, 0.3) is 5.91 Å². The van der Waals surface area contributed by atoms with Gasteiger partial charge in [0.05, 0.1) is 6.61 Å². The summed E-state index contributed by atoms with van der Waals surface area (Å²) in [5, 5.41) is 9.28. The number of rotatable bonds is 3. The van der Waals surface area contributed by atoms with Crippen molar-refractivity contribution in [1.29, 1.82) is 0 Å². The van der Waals surface area contributed by atoms with Crippen molar-refractivity contribution >= 4 is 12.0 Å². The highest BCUT2D eigenvalue weighted by molar-refractivity contribution is 5.92. The molecule has 2 amide bonds. The Balaban J connectivity index is 1.77. The quantitative estimate of drug-likeness (QED) is 0.845. The average molecular weight is 266 g/mol. The number of likely N-dealkylation sites (tertiary alicyclic amines) is 1. The van der Waals surface area contributed by atoms with Crippen LogP contribution < -0.4 is 5.32 Å². The van der Waals surface area contributed by atoms with E-state index in [1.54, 1.807) is 17.9 Å². The topological polar surface area (TPSA) is 87.3 Å². The molecule has 1 saturated heterocycles. The van der Waals surface area contributed by atoms with Gasteiger partial charge in [-0.25, -0.2) is 4.79 Å². The van der Waals surface area contributed by atoms with Gasteiger partial charge in [0.15, 0.2) is 0 Å². The van der Waals surface area contributed by atoms with Gasteiger partial charge >= 0.3 is 6.09 Å². The fourth-order valence-corrected chi connectivity index (χ4v) is 2.07. The van der Waals surface area contributed by atoms with Crippen LogP contribution in [0.25, 0.3) is 0 Å². The van der Waals surface area contributed by atoms with E-state index in [2.05, 4.69) is 15.5 Å². The number of aromatic nitrogens is 2. The fraction of sp³-hybridized carbons (Fsp3) is 0.583. The van der Waals surface area contributed by atoms with Crippen LogP contribution in [0.3, 0.4) is 0 Å². The molecule has 2 heterocycles. The van der Waals surface area contributed by atoms with Crippen LogP contribution in [-0.2, 0) is 4.74 Å². The molecule has 0 saturated carbocycles. The Hall–Kier alpha value is -2.05. The Kier molecular flexibility index (Phi) is 4.38. The molecule has 0 unspecified atom stereocenters. The van der Waals surface area contributed by atoms with Crippen molar-refractivity contribution in [3.8, 4) is 0 Å². The molecule has 1 aliphatic rings. The molecule has 1 aromatic rings. The van der Waals surface area contributed by atoms with Gasteiger partial charge in [-0.3, -0.25) is 9.89 Å². The number of hydrogen-bond donors (Lipinski definition) is 2. The second kappa shape index (κ2) is 6.21. The summed E-state index contributed by atoms with van der Waals surface area (Å²) in [6.07, 6.45) is 2.73. The molecule has 1 fully saturated rings. The lowest BCUT2D eigenvalue weighted by molar-refractivity contribution is 0.0856. The zero-order chi connectivity index (χ0) is 13.7. The van der Waals surface area contributed by atoms with Crippen molar-refractivity contribution in [2.45, 2.75) is 25.8 Å². The number of carbonyl (C=O) groups excluding carboxylic acids is 2. The number of carbonyl (C=O) groups is 2. The molecule has 1 aliphatic heterocycles. The van der Waals surface area contributed by atoms with Crippen LogP contribution in [-0.4, -0.2) is 52.8 Å². The summed E-state index contributed by atoms with van der Waals surface area (Å²) in [5.41, 5.74) is 0.452. The van der Waals surface area contributed by atoms with Gasteiger partial charge in [-0.15, -0.1) is 0 Å². The predicted molar refractivity (Wildman–Crippen MR) is 67.7 cm³/mol. The first-order chi connectivity index (χ1) is 9.20. The monoisotopic (exact) mass is 266 g/mol. The van der Waals surface area contributed by atoms with Crippen molar-refractivity contribution in [2.24, 2.45) is 0 Å². The lowest BCUT2D eigenvalue weighted by atomic mass is 10.1. The number of ether oxygens (including phenoxy) is 1. The largest absolute Gasteiger partial charge is 0.450 e. The number of piperidine rings is 1. The van der Waals surface area contributed by atoms with E-state index in [1.165, 1.54) is 6.20 Å². The van der Waals surface area contributed by atoms with Gasteiger partial charge in [0.1, 0.15) is 5.69 Å². The Morgan fingerprint density at radius 1 is 1.53 bits per heavy atom. The Bertz CT molecular complexity index is 424. The van der Waals surface area contributed by atoms with E-state index in [1.807, 2.05) is 0 Å². The second-order valence-corrected chi connectivity index (χ2v) is 4.40. The number of H-pyrrole nitrogens is 1. The highest BCUT2D eigenvalue weighted by Crippen LogP contribution is 2.12. The van der Waals surface area contributed by atoms with Crippen LogP contribution in [0, 0.1) is 0 Å². The molecule has 0 radical (unpaired) electrons. The first kappa shape index (κ1) is 13.4. The summed E-state index contributed by atoms with van der Waals surface area (Å²) >= 11 is 0. The highest BCUT2D eigenvalue weighted by Gasteiger charge is 2.24. The zero-order valence-corrected chi connectivity index (χ0v) is 10.9. The molecule has 7 heteroatoms. The molecule has 0 aromatic carbocycles. The van der Waals surface area contributed by atoms with Crippen LogP contribution >= 0.6 is 0 Å². The molecule has 0 aliphatic carbocycles. The Morgan fingerprint density at radius 3 is 2.84 bits per heavy atom. The number of aromatic amines is 1. The molecule has 0 atom stereocenters. The van der Waals surface area contributed by atoms with E-state index in [0.717, 1.165) is 12.8 Å². The van der Waals surface area contributed by atoms with Crippen molar-refractivity contribution in [2.75, 3.05) is 19.7 Å². The maximum Gasteiger partial charge on any atom is 0.409 e. The van der Waals surface area contributed by atoms with Gasteiger partial charge in [-0.05, 0) is 25.8 Å². The van der Waals surface area contributed by atoms with Crippen LogP contribution in [0.2, 0.25) is 0 Å². The van der Waals surface area contributed by atoms with Crippen molar-refractivity contribution in [3.63, 3.8) is 0 Å². The SMILES string of the molecule is CCOC(=O)N1CCC(NC(=O)c2ccn[nH]2)CC1. The second-order valence-electron chi connectivity index (χ2n) is 4.40. The molecular weight excluding hydrogens is 248 g/mol. The van der Waals surface area contributed by atoms with Crippen LogP contribution in [0.5, 0.6) is 0 Å². The fourth-order valence-electron chi connectivity index (χ4n) is 2.07. The van der Waals surface area contributed by atoms with E-state index in [9.17, 15) is 9.59 Å². The summed E-state index contributed by atoms with van der Waals surface area (Å²) in [4.78, 5) is 25.0. The maximum absolute atomic E-state index is 11.8. The van der Waals surface area contributed by atoms with Crippen molar-refractivity contribution in [1.82, 2.24) is 20.4 Å². The zero-order valence-electron chi connectivity index (χ0n) is 10.9. The van der Waals surface area contributed by atoms with Gasteiger partial charge < -0.3 is 15.0 Å². The minimum absolute atomic E-state index is 0.0847. The molecular formula is C12H18N4O3. The predicted octanol–water partition coefficient (Wildman–Crippen LogP) is 0.760. The molecule has 0 bridgehead atoms. The molecule has 0 spiro atoms. The van der Waals surface area contributed by atoms with Crippen LogP contribution in [0.1, 0.15) is 30.3 Å². The number of nitrogens with zero attached hydrogens (tertiary/aromatic N) is 2. The number of amides is 2. The molecule has 1 aromatic heterocycles. The molecule has 104 valence electrons. The summed E-state index contributed by atoms with van der Waals surface area (Å²) in [7, 11) is 0. The lowest BCUT2D eigenvalue weighted by Crippen LogP contribution is -2.46. The maximum atomic E-state index is 11.8. The van der Waals surface area contributed by atoms with Gasteiger partial charge in [0.2, 0.25) is 0 Å². The third-order valence-corrected chi connectivity index (χ3v) is 3.10. The minimum Gasteiger partial charge on any atom is -0.450 e. The Morgan fingerprint density at radius 2 is 2.26 bits per heavy atom. The number of hydrogen-bond acceptors (Lipinski definition) is 4. The minimum atomic E-state index is -0.277. The van der Waals surface area contributed by atoms with Crippen LogP contribution in [0.15, 0.2) is 12.3 Å². The summed E-state index contributed by atoms with van der Waals surface area (Å²) < 4.78 is 4.94. The molecule has 2 N–H and O–H groups in total. The van der Waals surface area contributed by atoms with E-state index >= 15 is 0 Å². The van der Waals surface area contributed by atoms with Crippen molar-refractivity contribution in [3.05, 3.63) is 18.0 Å². The summed E-state index contributed by atoms with van der Waals surface area (Å²) in [5.74, 6) is -0.160. The third-order valence-electron chi connectivity index (χ3n) is 3.10. The standard InChI is InChI=1S/C12H18N4O3/c1-2-19-12(18)16-7-4-9(5-8-16)14-11(17)10-3-6-13-15-10/h3,6,9H,2,4-5,7-8H2,1H3,(H,13,15)(H,14,17). The van der Waals surface area contributed by atoms with E-state index < -0.39 is 0 Å². The average Bonchev–Trinajstić information content (AvgIpc) is 2.94. The summed E-state index contributed by atoms with van der Waals surface area (Å²) in [6, 6.07) is 1.71. The highest BCUT2D eigenvalue weighted by atomic mass is 16.6. The molecule has 19 heavy (non-hydrogen) atoms. The number of nitrogens with one attached hydrogen (secondary N) is 2. The van der Waals surface area contributed by atoms with Gasteiger partial charge in [-0.2, -0.15) is 5.10 Å². The first-order valence-corrected chi connectivity index (χ1v) is 6.42. The molecule has 7 nitrogen and oxygen atoms in total. The smallest absolute Gasteiger partial charge is 0.409 e. The summed E-state index contributed by atoms with van der Waals surface area (Å²) in [6.45, 7) is 3.38. The van der Waals surface area contributed by atoms with Gasteiger partial charge in [-0.1, -0.05) is 0 Å². The van der Waals surface area contributed by atoms with Crippen molar-refractivity contribution < 1.29 is 14.3 Å². The van der Waals surface area contributed by atoms with Crippen LogP contribution in [0.4, 0.5) is 4.79 Å². The Labute approximate surface area is 111 Å². The first-order valence-electron chi connectivity index (χ1n) is 6.42. The van der Waals surface area contributed by atoms with E-state index in [-0.39, 0.29) is 18.0 Å². The van der Waals surface area contributed by atoms with E-state index in [4.69, 9.17) is 4.74 Å².